The van der Waals surface area contributed by atoms with Gasteiger partial charge in [0.2, 0.25) is 0 Å². The van der Waals surface area contributed by atoms with Gasteiger partial charge in [-0.05, 0) is 50.7 Å². The molecule has 0 aliphatic carbocycles. The first-order chi connectivity index (χ1) is 7.63. The normalized spacial score (nSPS) is 20.6. The number of hydrogen-bond acceptors (Lipinski definition) is 3. The van der Waals surface area contributed by atoms with Crippen LogP contribution >= 0.6 is 0 Å². The van der Waals surface area contributed by atoms with Gasteiger partial charge in [0.25, 0.3) is 0 Å². The average molecular weight is 227 g/mol. The standard InChI is InChI=1S/C12H25N3O/c1-10(2)11-5-8-15(9-6-11)7-3-4-12(13)14-16/h10-11,16H,3-9H2,1-2H3,(H2,13,14). The van der Waals surface area contributed by atoms with Crippen LogP contribution in [0.2, 0.25) is 0 Å². The molecule has 1 aliphatic rings. The smallest absolute Gasteiger partial charge is 0.139 e. The van der Waals surface area contributed by atoms with Gasteiger partial charge in [0.15, 0.2) is 0 Å². The maximum atomic E-state index is 8.42. The van der Waals surface area contributed by atoms with E-state index in [0.717, 1.165) is 24.8 Å². The van der Waals surface area contributed by atoms with Crippen LogP contribution in [0, 0.1) is 11.8 Å². The van der Waals surface area contributed by atoms with Gasteiger partial charge < -0.3 is 15.8 Å². The fraction of sp³-hybridized carbons (Fsp3) is 0.917. The molecule has 1 fully saturated rings. The Labute approximate surface area is 98.5 Å². The fourth-order valence-electron chi connectivity index (χ4n) is 2.38. The number of nitrogens with zero attached hydrogens (tertiary/aromatic N) is 2. The second-order valence-electron chi connectivity index (χ2n) is 5.12. The minimum atomic E-state index is 0.345. The number of oxime groups is 1. The molecule has 0 aromatic heterocycles. The first-order valence-corrected chi connectivity index (χ1v) is 6.32. The number of rotatable bonds is 5. The van der Waals surface area contributed by atoms with Gasteiger partial charge >= 0.3 is 0 Å². The molecule has 0 atom stereocenters. The van der Waals surface area contributed by atoms with Crippen molar-refractivity contribution in [3.63, 3.8) is 0 Å². The summed E-state index contributed by atoms with van der Waals surface area (Å²) in [5.41, 5.74) is 5.43. The Kier molecular flexibility index (Phi) is 5.60. The van der Waals surface area contributed by atoms with Crippen LogP contribution in [0.15, 0.2) is 5.16 Å². The van der Waals surface area contributed by atoms with E-state index in [9.17, 15) is 0 Å². The molecule has 0 spiro atoms. The van der Waals surface area contributed by atoms with Crippen molar-refractivity contribution in [1.29, 1.82) is 0 Å². The van der Waals surface area contributed by atoms with Crippen molar-refractivity contribution < 1.29 is 5.21 Å². The molecule has 4 heteroatoms. The lowest BCUT2D eigenvalue weighted by molar-refractivity contribution is 0.157. The molecule has 0 unspecified atom stereocenters. The Hall–Kier alpha value is -0.770. The van der Waals surface area contributed by atoms with E-state index in [0.29, 0.717) is 12.3 Å². The summed E-state index contributed by atoms with van der Waals surface area (Å²) >= 11 is 0. The van der Waals surface area contributed by atoms with Crippen molar-refractivity contribution in [3.05, 3.63) is 0 Å². The molecule has 0 radical (unpaired) electrons. The molecular weight excluding hydrogens is 202 g/mol. The summed E-state index contributed by atoms with van der Waals surface area (Å²) < 4.78 is 0. The van der Waals surface area contributed by atoms with Crippen LogP contribution in [0.25, 0.3) is 0 Å². The van der Waals surface area contributed by atoms with Crippen molar-refractivity contribution in [3.8, 4) is 0 Å². The lowest BCUT2D eigenvalue weighted by atomic mass is 9.87. The average Bonchev–Trinajstić information content (AvgIpc) is 2.29. The first-order valence-electron chi connectivity index (χ1n) is 6.32. The number of hydrogen-bond donors (Lipinski definition) is 2. The third-order valence-corrected chi connectivity index (χ3v) is 3.61. The Morgan fingerprint density at radius 2 is 2.06 bits per heavy atom. The molecule has 1 rings (SSSR count). The van der Waals surface area contributed by atoms with Gasteiger partial charge in [0, 0.05) is 6.42 Å². The Bertz CT molecular complexity index is 220. The molecule has 0 saturated carbocycles. The molecule has 94 valence electrons. The molecule has 0 aromatic carbocycles. The van der Waals surface area contributed by atoms with E-state index >= 15 is 0 Å². The lowest BCUT2D eigenvalue weighted by Crippen LogP contribution is -2.36. The van der Waals surface area contributed by atoms with Gasteiger partial charge in [-0.1, -0.05) is 19.0 Å². The van der Waals surface area contributed by atoms with Crippen LogP contribution in [0.1, 0.15) is 39.5 Å². The highest BCUT2D eigenvalue weighted by Crippen LogP contribution is 2.24. The molecule has 1 heterocycles. The Balaban J connectivity index is 2.13. The van der Waals surface area contributed by atoms with E-state index in [2.05, 4.69) is 23.9 Å². The second-order valence-corrected chi connectivity index (χ2v) is 5.12. The van der Waals surface area contributed by atoms with Crippen molar-refractivity contribution in [1.82, 2.24) is 4.90 Å². The van der Waals surface area contributed by atoms with E-state index in [1.807, 2.05) is 0 Å². The van der Waals surface area contributed by atoms with Gasteiger partial charge in [0.05, 0.1) is 0 Å². The molecule has 1 aliphatic heterocycles. The molecule has 3 N–H and O–H groups in total. The van der Waals surface area contributed by atoms with E-state index in [4.69, 9.17) is 10.9 Å². The maximum absolute atomic E-state index is 8.42. The highest BCUT2D eigenvalue weighted by atomic mass is 16.4. The van der Waals surface area contributed by atoms with Gasteiger partial charge in [-0.25, -0.2) is 0 Å². The SMILES string of the molecule is CC(C)C1CCN(CCCC(N)=NO)CC1. The van der Waals surface area contributed by atoms with Crippen molar-refractivity contribution in [2.24, 2.45) is 22.7 Å². The maximum Gasteiger partial charge on any atom is 0.139 e. The number of nitrogens with two attached hydrogens (primary N) is 1. The predicted octanol–water partition coefficient (Wildman–Crippen LogP) is 1.88. The van der Waals surface area contributed by atoms with E-state index in [1.54, 1.807) is 0 Å². The van der Waals surface area contributed by atoms with Crippen LogP contribution in [0.3, 0.4) is 0 Å². The van der Waals surface area contributed by atoms with Gasteiger partial charge in [-0.2, -0.15) is 0 Å². The summed E-state index contributed by atoms with van der Waals surface area (Å²) in [5, 5.41) is 11.4. The quantitative estimate of drug-likeness (QED) is 0.326. The number of amidine groups is 1. The largest absolute Gasteiger partial charge is 0.409 e. The zero-order valence-electron chi connectivity index (χ0n) is 10.5. The van der Waals surface area contributed by atoms with Gasteiger partial charge in [-0.3, -0.25) is 0 Å². The summed E-state index contributed by atoms with van der Waals surface area (Å²) in [7, 11) is 0. The molecule has 0 aromatic rings. The lowest BCUT2D eigenvalue weighted by Gasteiger charge is -2.33. The number of piperidine rings is 1. The highest BCUT2D eigenvalue weighted by Gasteiger charge is 2.20. The fourth-order valence-corrected chi connectivity index (χ4v) is 2.38. The van der Waals surface area contributed by atoms with Crippen LogP contribution in [-0.2, 0) is 0 Å². The zero-order valence-corrected chi connectivity index (χ0v) is 10.5. The molecule has 4 nitrogen and oxygen atoms in total. The van der Waals surface area contributed by atoms with Gasteiger partial charge in [0.1, 0.15) is 5.84 Å². The van der Waals surface area contributed by atoms with Crippen molar-refractivity contribution >= 4 is 5.84 Å². The predicted molar refractivity (Wildman–Crippen MR) is 66.6 cm³/mol. The minimum absolute atomic E-state index is 0.345. The van der Waals surface area contributed by atoms with Crippen LogP contribution < -0.4 is 5.73 Å². The highest BCUT2D eigenvalue weighted by molar-refractivity contribution is 5.79. The molecule has 1 saturated heterocycles. The Morgan fingerprint density at radius 3 is 2.56 bits per heavy atom. The molecule has 0 bridgehead atoms. The zero-order chi connectivity index (χ0) is 12.0. The summed E-state index contributed by atoms with van der Waals surface area (Å²) in [4.78, 5) is 2.49. The molecule has 0 amide bonds. The van der Waals surface area contributed by atoms with Crippen molar-refractivity contribution in [2.45, 2.75) is 39.5 Å². The topological polar surface area (TPSA) is 61.8 Å². The molecule has 16 heavy (non-hydrogen) atoms. The van der Waals surface area contributed by atoms with Crippen LogP contribution in [0.4, 0.5) is 0 Å². The second kappa shape index (κ2) is 6.74. The summed E-state index contributed by atoms with van der Waals surface area (Å²) in [6, 6.07) is 0. The Morgan fingerprint density at radius 1 is 1.44 bits per heavy atom. The van der Waals surface area contributed by atoms with Gasteiger partial charge in [-0.15, -0.1) is 0 Å². The van der Waals surface area contributed by atoms with Crippen molar-refractivity contribution in [2.75, 3.05) is 19.6 Å². The van der Waals surface area contributed by atoms with E-state index < -0.39 is 0 Å². The summed E-state index contributed by atoms with van der Waals surface area (Å²) in [6.07, 6.45) is 4.32. The minimum Gasteiger partial charge on any atom is -0.409 e. The first kappa shape index (κ1) is 13.3. The van der Waals surface area contributed by atoms with E-state index in [-0.39, 0.29) is 0 Å². The monoisotopic (exact) mass is 227 g/mol. The third-order valence-electron chi connectivity index (χ3n) is 3.61. The molecular formula is C12H25N3O. The van der Waals surface area contributed by atoms with Crippen LogP contribution in [0.5, 0.6) is 0 Å². The van der Waals surface area contributed by atoms with E-state index in [1.165, 1.54) is 25.9 Å². The number of likely N-dealkylation sites (tertiary alicyclic amines) is 1. The summed E-state index contributed by atoms with van der Waals surface area (Å²) in [6.45, 7) is 8.12. The van der Waals surface area contributed by atoms with Crippen LogP contribution in [-0.4, -0.2) is 35.6 Å². The summed E-state index contributed by atoms with van der Waals surface area (Å²) in [5.74, 6) is 2.07. The third kappa shape index (κ3) is 4.39.